The first kappa shape index (κ1) is 91.2. The zero-order valence-corrected chi connectivity index (χ0v) is 72.3. The molecule has 2 saturated heterocycles. The summed E-state index contributed by atoms with van der Waals surface area (Å²) in [5, 5.41) is 34.1. The number of likely N-dealkylation sites (tertiary alicyclic amines) is 1. The highest BCUT2D eigenvalue weighted by Gasteiger charge is 2.33. The maximum Gasteiger partial charge on any atom is 0.317 e. The fourth-order valence-electron chi connectivity index (χ4n) is 16.0. The van der Waals surface area contributed by atoms with Crippen LogP contribution in [-0.4, -0.2) is 140 Å². The molecule has 5 aromatic heterocycles. The Morgan fingerprint density at radius 3 is 0.947 bits per heavy atom. The van der Waals surface area contributed by atoms with Crippen LogP contribution >= 0.6 is 0 Å². The maximum absolute atomic E-state index is 13.6. The van der Waals surface area contributed by atoms with Gasteiger partial charge in [-0.1, -0.05) is 121 Å². The van der Waals surface area contributed by atoms with Gasteiger partial charge in [-0.2, -0.15) is 0 Å². The summed E-state index contributed by atoms with van der Waals surface area (Å²) in [6.07, 6.45) is 13.0. The molecule has 10 aromatic carbocycles. The van der Waals surface area contributed by atoms with Crippen molar-refractivity contribution in [1.29, 1.82) is 0 Å². The Labute approximate surface area is 756 Å². The van der Waals surface area contributed by atoms with Gasteiger partial charge in [-0.25, -0.2) is 51.7 Å². The standard InChI is InChI=1S/C22H22FN5O2.C22H22FN3O2.C20H18FN3O2.C19H16FN3O.C19H18FN3O/c1-2-25-22(30)28-11-16(12-28)27-21(29)19-10-26-20(24)18-9-14(6-7-17(18)19)13-4-3-5-15(23)8-13;23-15-4-1-3-13(9-15)14-7-8-18-19(10-14)21(24)25-12-20(18)22(28)26-16-5-2-6-17(27)11-16;21-14-3-1-2-12(8-14)13-4-5-16-17(9-13)19(22)23-10-18(16)20(25)24-15-6-7-26-11-15;20-13-3-1-2-11(8-13)12-4-7-15-16(9-12)18(21)22-10-17(15)19(24)23-14-5-6-14;1-11(2)23-19(24)17-10-22-18(21)16-9-13(6-7-15(16)17)12-4-3-5-14(20)8-12/h3-10,16H,2,11-12H2,1H3,(H2,24,26)(H,25,30)(H,27,29);1,3-4,7-10,12,16-17,27H,2,5-6,11H2,(H2,24,25)(H,26,28);1-5,8-10,15H,6-7,11H2,(H2,22,23)(H,24,25);1-4,7-10,14H,5-6H2,(H2,21,22)(H,23,24);3-11H,1-2H3,(H2,21,22)(H,23,24)/t;16-,17+;;;/m.1.../s1. The highest BCUT2D eigenvalue weighted by molar-refractivity contribution is 6.14. The molecule has 1 unspecified atom stereocenters. The van der Waals surface area contributed by atoms with Crippen LogP contribution in [-0.2, 0) is 4.74 Å². The quantitative estimate of drug-likeness (QED) is 0.0400. The summed E-state index contributed by atoms with van der Waals surface area (Å²) in [6, 6.07) is 59.2. The molecule has 0 radical (unpaired) electrons. The van der Waals surface area contributed by atoms with E-state index in [0.29, 0.717) is 145 Å². The van der Waals surface area contributed by atoms with Gasteiger partial charge in [-0.3, -0.25) is 24.0 Å². The fraction of sp³-hybridized carbons (Fsp3) is 0.206. The van der Waals surface area contributed by atoms with Crippen molar-refractivity contribution in [3.63, 3.8) is 0 Å². The van der Waals surface area contributed by atoms with E-state index in [0.717, 1.165) is 99.4 Å². The molecule has 25 nitrogen and oxygen atoms in total. The van der Waals surface area contributed by atoms with E-state index >= 15 is 0 Å². The second kappa shape index (κ2) is 40.8. The van der Waals surface area contributed by atoms with E-state index in [9.17, 15) is 55.8 Å². The third kappa shape index (κ3) is 21.9. The molecule has 19 rings (SSSR count). The highest BCUT2D eigenvalue weighted by Crippen LogP contribution is 2.37. The van der Waals surface area contributed by atoms with Gasteiger partial charge in [-0.05, 0) is 239 Å². The SMILES string of the molecule is CC(C)NC(=O)c1cnc(N)c2cc(-c3cccc(F)c3)ccc12.CCNC(=O)N1CC(NC(=O)c2cnc(N)c3cc(-c4cccc(F)c4)ccc23)C1.Nc1ncc(C(=O)NC2CC2)c2ccc(-c3cccc(F)c3)cc12.Nc1ncc(C(=O)NC2CCOC2)c2ccc(-c3cccc(F)c3)cc12.Nc1ncc(C(=O)N[C@@H]2CCC[C@H](O)C2)c2ccc(-c3cccc(F)c3)cc12. The lowest BCUT2D eigenvalue weighted by Gasteiger charge is -2.39. The van der Waals surface area contributed by atoms with Crippen molar-refractivity contribution < 1.29 is 60.6 Å². The van der Waals surface area contributed by atoms with E-state index in [1.165, 1.54) is 91.6 Å². The van der Waals surface area contributed by atoms with Crippen LogP contribution in [0.1, 0.15) is 118 Å². The van der Waals surface area contributed by atoms with Crippen LogP contribution < -0.4 is 60.6 Å². The summed E-state index contributed by atoms with van der Waals surface area (Å²) in [6.45, 7) is 8.31. The van der Waals surface area contributed by atoms with Crippen molar-refractivity contribution in [1.82, 2.24) is 61.7 Å². The number of nitrogens with zero attached hydrogens (tertiary/aromatic N) is 6. The molecular formula is C102H96F5N17O8. The van der Waals surface area contributed by atoms with Crippen molar-refractivity contribution in [3.8, 4) is 55.6 Å². The number of fused-ring (bicyclic) bond motifs is 5. The summed E-state index contributed by atoms with van der Waals surface area (Å²) in [7, 11) is 0. The number of aliphatic hydroxyl groups excluding tert-OH is 1. The minimum atomic E-state index is -0.367. The Morgan fingerprint density at radius 1 is 0.371 bits per heavy atom. The number of amides is 7. The number of ether oxygens (including phenoxy) is 1. The highest BCUT2D eigenvalue weighted by atomic mass is 19.1. The van der Waals surface area contributed by atoms with Gasteiger partial charge in [-0.15, -0.1) is 0 Å². The molecule has 3 atom stereocenters. The normalized spacial score (nSPS) is 15.1. The number of anilines is 5. The third-order valence-electron chi connectivity index (χ3n) is 23.0. The maximum atomic E-state index is 13.6. The number of pyridine rings is 5. The monoisotopic (exact) mass is 1780 g/mol. The predicted molar refractivity (Wildman–Crippen MR) is 505 cm³/mol. The number of carbonyl (C=O) groups is 6. The first-order chi connectivity index (χ1) is 63.6. The first-order valence-electron chi connectivity index (χ1n) is 43.2. The number of benzene rings is 10. The third-order valence-corrected chi connectivity index (χ3v) is 23.0. The number of hydrogen-bond donors (Lipinski definition) is 12. The minimum Gasteiger partial charge on any atom is -0.393 e. The second-order valence-electron chi connectivity index (χ2n) is 33.0. The zero-order valence-electron chi connectivity index (χ0n) is 72.3. The van der Waals surface area contributed by atoms with Gasteiger partial charge in [0.25, 0.3) is 29.5 Å². The first-order valence-corrected chi connectivity index (χ1v) is 43.2. The minimum absolute atomic E-state index is 0.0154. The van der Waals surface area contributed by atoms with Crippen LogP contribution in [0, 0.1) is 29.1 Å². The number of halogens is 5. The molecule has 132 heavy (non-hydrogen) atoms. The summed E-state index contributed by atoms with van der Waals surface area (Å²) in [4.78, 5) is 97.2. The summed E-state index contributed by atoms with van der Waals surface area (Å²) < 4.78 is 72.8. The lowest BCUT2D eigenvalue weighted by Crippen LogP contribution is -2.62. The van der Waals surface area contributed by atoms with Crippen LogP contribution in [0.2, 0.25) is 0 Å². The fourth-order valence-corrected chi connectivity index (χ4v) is 16.0. The molecule has 0 spiro atoms. The second-order valence-corrected chi connectivity index (χ2v) is 33.0. The van der Waals surface area contributed by atoms with Gasteiger partial charge in [0.15, 0.2) is 0 Å². The van der Waals surface area contributed by atoms with Gasteiger partial charge < -0.3 is 75.3 Å². The largest absolute Gasteiger partial charge is 0.393 e. The molecule has 4 aliphatic rings. The molecule has 672 valence electrons. The van der Waals surface area contributed by atoms with Crippen LogP contribution in [0.5, 0.6) is 0 Å². The smallest absolute Gasteiger partial charge is 0.317 e. The van der Waals surface area contributed by atoms with Gasteiger partial charge in [0.2, 0.25) is 0 Å². The average Bonchev–Trinajstić information content (AvgIpc) is 1.01. The van der Waals surface area contributed by atoms with E-state index in [1.54, 1.807) is 41.3 Å². The van der Waals surface area contributed by atoms with E-state index in [1.807, 2.05) is 136 Å². The molecule has 0 bridgehead atoms. The summed E-state index contributed by atoms with van der Waals surface area (Å²) in [5.41, 5.74) is 40.1. The Balaban J connectivity index is 0.000000126. The number of nitrogens with two attached hydrogens (primary N) is 5. The number of nitrogens with one attached hydrogen (secondary N) is 6. The summed E-state index contributed by atoms with van der Waals surface area (Å²) in [5.74, 6) is -0.924. The molecule has 7 amide bonds. The van der Waals surface area contributed by atoms with Crippen molar-refractivity contribution in [3.05, 3.63) is 300 Å². The van der Waals surface area contributed by atoms with E-state index < -0.39 is 0 Å². The van der Waals surface area contributed by atoms with Gasteiger partial charge in [0.1, 0.15) is 58.2 Å². The van der Waals surface area contributed by atoms with Crippen LogP contribution in [0.3, 0.4) is 0 Å². The lowest BCUT2D eigenvalue weighted by atomic mass is 9.92. The van der Waals surface area contributed by atoms with E-state index in [4.69, 9.17) is 33.4 Å². The van der Waals surface area contributed by atoms with Crippen LogP contribution in [0.25, 0.3) is 109 Å². The predicted octanol–water partition coefficient (Wildman–Crippen LogP) is 16.8. The molecule has 4 fully saturated rings. The zero-order chi connectivity index (χ0) is 93.0. The molecule has 2 aliphatic carbocycles. The number of rotatable bonds is 16. The molecule has 2 saturated carbocycles. The molecule has 2 aliphatic heterocycles. The van der Waals surface area contributed by atoms with Crippen molar-refractivity contribution in [2.24, 2.45) is 0 Å². The molecular weight excluding hydrogens is 1690 g/mol. The molecule has 30 heteroatoms. The van der Waals surface area contributed by atoms with Gasteiger partial charge >= 0.3 is 6.03 Å². The Kier molecular flexibility index (Phi) is 28.2. The van der Waals surface area contributed by atoms with E-state index in [-0.39, 0.29) is 101 Å². The topological polar surface area (TPSA) is 402 Å². The number of carbonyl (C=O) groups excluding carboxylic acids is 6. The lowest BCUT2D eigenvalue weighted by molar-refractivity contribution is 0.0844. The number of nitrogen functional groups attached to an aromatic ring is 5. The van der Waals surface area contributed by atoms with E-state index in [2.05, 4.69) is 56.8 Å². The number of urea groups is 1. The van der Waals surface area contributed by atoms with Gasteiger partial charge in [0.05, 0.1) is 52.6 Å². The summed E-state index contributed by atoms with van der Waals surface area (Å²) >= 11 is 0. The Morgan fingerprint density at radius 2 is 0.667 bits per heavy atom. The molecule has 15 aromatic rings. The average molecular weight is 1780 g/mol. The Bertz CT molecular complexity index is 6770. The number of aromatic nitrogens is 5. The van der Waals surface area contributed by atoms with Crippen LogP contribution in [0.15, 0.2) is 243 Å². The molecule has 17 N–H and O–H groups in total. The van der Waals surface area contributed by atoms with Crippen LogP contribution in [0.4, 0.5) is 55.8 Å². The number of hydrogen-bond acceptors (Lipinski definition) is 18. The van der Waals surface area contributed by atoms with Gasteiger partial charge in [0, 0.05) is 102 Å². The Hall–Kier alpha value is -15.6. The van der Waals surface area contributed by atoms with Crippen molar-refractivity contribution in [2.75, 3.05) is 61.5 Å². The van der Waals surface area contributed by atoms with Crippen molar-refractivity contribution >= 4 is 119 Å². The molecule has 7 heterocycles. The van der Waals surface area contributed by atoms with Crippen molar-refractivity contribution in [2.45, 2.75) is 102 Å². The number of aliphatic hydroxyl groups is 1.